The van der Waals surface area contributed by atoms with Gasteiger partial charge in [-0.15, -0.1) is 0 Å². The quantitative estimate of drug-likeness (QED) is 0.324. The number of benzene rings is 3. The second-order valence-corrected chi connectivity index (χ2v) is 5.18. The molecule has 0 aromatic heterocycles. The molecule has 0 spiro atoms. The topological polar surface area (TPSA) is 72.2 Å². The monoisotopic (exact) mass is 318 g/mol. The van der Waals surface area contributed by atoms with Gasteiger partial charge in [0.05, 0.1) is 4.92 Å². The molecule has 0 atom stereocenters. The highest BCUT2D eigenvalue weighted by Crippen LogP contribution is 2.23. The van der Waals surface area contributed by atoms with E-state index in [0.29, 0.717) is 11.3 Å². The van der Waals surface area contributed by atoms with Crippen molar-refractivity contribution in [3.8, 4) is 0 Å². The van der Waals surface area contributed by atoms with Crippen LogP contribution in [0.15, 0.2) is 79.0 Å². The molecule has 0 aliphatic carbocycles. The van der Waals surface area contributed by atoms with Gasteiger partial charge in [-0.25, -0.2) is 0 Å². The van der Waals surface area contributed by atoms with Crippen LogP contribution in [0.1, 0.15) is 10.4 Å². The van der Waals surface area contributed by atoms with Gasteiger partial charge in [0, 0.05) is 23.9 Å². The van der Waals surface area contributed by atoms with E-state index in [0.717, 1.165) is 10.8 Å². The number of nitrogens with one attached hydrogen (secondary N) is 1. The third kappa shape index (κ3) is 3.30. The summed E-state index contributed by atoms with van der Waals surface area (Å²) in [6.07, 6.45) is 2.78. The number of anilines is 1. The van der Waals surface area contributed by atoms with Gasteiger partial charge in [0.1, 0.15) is 5.69 Å². The third-order valence-corrected chi connectivity index (χ3v) is 3.61. The highest BCUT2D eigenvalue weighted by Gasteiger charge is 2.10. The predicted octanol–water partition coefficient (Wildman–Crippen LogP) is 4.56. The highest BCUT2D eigenvalue weighted by molar-refractivity contribution is 6.06. The van der Waals surface area contributed by atoms with Crippen molar-refractivity contribution in [3.05, 3.63) is 94.7 Å². The van der Waals surface area contributed by atoms with Crippen LogP contribution in [0, 0.1) is 10.1 Å². The minimum atomic E-state index is -0.471. The van der Waals surface area contributed by atoms with Gasteiger partial charge >= 0.3 is 0 Å². The van der Waals surface area contributed by atoms with Crippen molar-refractivity contribution in [3.63, 3.8) is 0 Å². The van der Waals surface area contributed by atoms with Gasteiger partial charge in [0.15, 0.2) is 5.78 Å². The van der Waals surface area contributed by atoms with Crippen molar-refractivity contribution >= 4 is 27.9 Å². The van der Waals surface area contributed by atoms with Crippen LogP contribution >= 0.6 is 0 Å². The molecule has 3 rings (SSSR count). The number of hydrogen-bond donors (Lipinski definition) is 1. The third-order valence-electron chi connectivity index (χ3n) is 3.61. The normalized spacial score (nSPS) is 10.8. The van der Waals surface area contributed by atoms with Crippen LogP contribution in [0.3, 0.4) is 0 Å². The molecule has 0 amide bonds. The molecule has 0 bridgehead atoms. The van der Waals surface area contributed by atoms with E-state index in [1.807, 2.05) is 36.4 Å². The average Bonchev–Trinajstić information content (AvgIpc) is 2.61. The molecule has 0 unspecified atom stereocenters. The number of nitro groups is 1. The molecule has 5 nitrogen and oxygen atoms in total. The van der Waals surface area contributed by atoms with Crippen LogP contribution in [-0.2, 0) is 0 Å². The van der Waals surface area contributed by atoms with Crippen LogP contribution in [0.25, 0.3) is 10.8 Å². The Morgan fingerprint density at radius 2 is 1.67 bits per heavy atom. The standard InChI is InChI=1S/C19H14N2O3/c22-19(16-10-9-14-5-1-2-6-15(14)13-16)11-12-20-17-7-3-4-8-18(17)21(23)24/h1-13,20H. The van der Waals surface area contributed by atoms with Crippen molar-refractivity contribution < 1.29 is 9.72 Å². The van der Waals surface area contributed by atoms with Crippen LogP contribution in [0.2, 0.25) is 0 Å². The zero-order valence-electron chi connectivity index (χ0n) is 12.7. The molecule has 0 saturated carbocycles. The fourth-order valence-electron chi connectivity index (χ4n) is 2.40. The number of allylic oxidation sites excluding steroid dienone is 1. The summed E-state index contributed by atoms with van der Waals surface area (Å²) in [6, 6.07) is 19.5. The number of nitrogens with zero attached hydrogens (tertiary/aromatic N) is 1. The molecule has 0 saturated heterocycles. The smallest absolute Gasteiger partial charge is 0.292 e. The minimum Gasteiger partial charge on any atom is -0.356 e. The SMILES string of the molecule is O=C(C=CNc1ccccc1[N+](=O)[O-])c1ccc2ccccc2c1. The Morgan fingerprint density at radius 1 is 0.958 bits per heavy atom. The van der Waals surface area contributed by atoms with E-state index >= 15 is 0 Å². The lowest BCUT2D eigenvalue weighted by atomic mass is 10.0. The summed E-state index contributed by atoms with van der Waals surface area (Å²) in [4.78, 5) is 22.7. The maximum absolute atomic E-state index is 12.2. The summed E-state index contributed by atoms with van der Waals surface area (Å²) in [6.45, 7) is 0. The van der Waals surface area contributed by atoms with E-state index in [9.17, 15) is 14.9 Å². The van der Waals surface area contributed by atoms with Crippen molar-refractivity contribution in [2.75, 3.05) is 5.32 Å². The first-order chi connectivity index (χ1) is 11.6. The van der Waals surface area contributed by atoms with Crippen LogP contribution < -0.4 is 5.32 Å². The van der Waals surface area contributed by atoms with E-state index in [4.69, 9.17) is 0 Å². The fourth-order valence-corrected chi connectivity index (χ4v) is 2.40. The molecule has 0 radical (unpaired) electrons. The second-order valence-electron chi connectivity index (χ2n) is 5.18. The Labute approximate surface area is 138 Å². The number of ketones is 1. The lowest BCUT2D eigenvalue weighted by molar-refractivity contribution is -0.383. The van der Waals surface area contributed by atoms with Gasteiger partial charge in [-0.05, 0) is 22.9 Å². The summed E-state index contributed by atoms with van der Waals surface area (Å²) in [5.74, 6) is -0.174. The number of para-hydroxylation sites is 2. The molecule has 5 heteroatoms. The number of rotatable bonds is 5. The first-order valence-corrected chi connectivity index (χ1v) is 7.35. The van der Waals surface area contributed by atoms with Gasteiger partial charge < -0.3 is 5.32 Å². The number of carbonyl (C=O) groups excluding carboxylic acids is 1. The minimum absolute atomic E-state index is 0.0414. The summed E-state index contributed by atoms with van der Waals surface area (Å²) >= 11 is 0. The highest BCUT2D eigenvalue weighted by atomic mass is 16.6. The van der Waals surface area contributed by atoms with Crippen molar-refractivity contribution in [1.82, 2.24) is 0 Å². The van der Waals surface area contributed by atoms with E-state index in [1.54, 1.807) is 24.3 Å². The van der Waals surface area contributed by atoms with E-state index < -0.39 is 4.92 Å². The Kier molecular flexibility index (Phi) is 4.34. The van der Waals surface area contributed by atoms with E-state index in [1.165, 1.54) is 18.3 Å². The maximum atomic E-state index is 12.2. The summed E-state index contributed by atoms with van der Waals surface area (Å²) < 4.78 is 0. The van der Waals surface area contributed by atoms with Gasteiger partial charge in [-0.2, -0.15) is 0 Å². The zero-order chi connectivity index (χ0) is 16.9. The number of carbonyl (C=O) groups is 1. The van der Waals surface area contributed by atoms with E-state index in [2.05, 4.69) is 5.32 Å². The number of hydrogen-bond acceptors (Lipinski definition) is 4. The molecule has 3 aromatic carbocycles. The van der Waals surface area contributed by atoms with Crippen LogP contribution in [0.5, 0.6) is 0 Å². The summed E-state index contributed by atoms with van der Waals surface area (Å²) in [5.41, 5.74) is 0.861. The first-order valence-electron chi connectivity index (χ1n) is 7.35. The molecule has 0 heterocycles. The van der Waals surface area contributed by atoms with Crippen molar-refractivity contribution in [2.24, 2.45) is 0 Å². The number of nitro benzene ring substituents is 1. The maximum Gasteiger partial charge on any atom is 0.292 e. The average molecular weight is 318 g/mol. The predicted molar refractivity (Wildman–Crippen MR) is 94.1 cm³/mol. The fraction of sp³-hybridized carbons (Fsp3) is 0. The molecule has 118 valence electrons. The molecule has 24 heavy (non-hydrogen) atoms. The van der Waals surface area contributed by atoms with E-state index in [-0.39, 0.29) is 11.5 Å². The van der Waals surface area contributed by atoms with Crippen molar-refractivity contribution in [1.29, 1.82) is 0 Å². The zero-order valence-corrected chi connectivity index (χ0v) is 12.7. The Hall–Kier alpha value is -3.47. The molecule has 0 aliphatic rings. The first kappa shape index (κ1) is 15.4. The van der Waals surface area contributed by atoms with Gasteiger partial charge in [0.25, 0.3) is 5.69 Å². The molecule has 0 fully saturated rings. The lowest BCUT2D eigenvalue weighted by Gasteiger charge is -2.02. The molecule has 1 N–H and O–H groups in total. The molecular weight excluding hydrogens is 304 g/mol. The van der Waals surface area contributed by atoms with Gasteiger partial charge in [-0.1, -0.05) is 48.5 Å². The summed E-state index contributed by atoms with van der Waals surface area (Å²) in [7, 11) is 0. The van der Waals surface area contributed by atoms with Crippen molar-refractivity contribution in [2.45, 2.75) is 0 Å². The molecular formula is C19H14N2O3. The Balaban J connectivity index is 1.76. The molecule has 3 aromatic rings. The number of fused-ring (bicyclic) bond motifs is 1. The van der Waals surface area contributed by atoms with Crippen LogP contribution in [-0.4, -0.2) is 10.7 Å². The molecule has 0 aliphatic heterocycles. The summed E-state index contributed by atoms with van der Waals surface area (Å²) in [5, 5.41) is 15.8. The second kappa shape index (κ2) is 6.75. The largest absolute Gasteiger partial charge is 0.356 e. The van der Waals surface area contributed by atoms with Gasteiger partial charge in [-0.3, -0.25) is 14.9 Å². The lowest BCUT2D eigenvalue weighted by Crippen LogP contribution is -1.98. The Bertz CT molecular complexity index is 948. The van der Waals surface area contributed by atoms with Gasteiger partial charge in [0.2, 0.25) is 0 Å². The Morgan fingerprint density at radius 3 is 2.46 bits per heavy atom. The van der Waals surface area contributed by atoms with Crippen LogP contribution in [0.4, 0.5) is 11.4 Å².